The molecule has 3 rings (SSSR count). The standard InChI is InChI=1S/C30H35F3N2O/c1-2-3-4-5-6-7-20-35-29(36)26-14-12-24(13-15-26)23-10-8-22(9-11-23)21-28(34)25-16-18-27(19-17-25)30(31,32)33/h8-19,28H,2-7,20-21,34H2,1H3,(H,35,36). The van der Waals surface area contributed by atoms with Gasteiger partial charge in [0.15, 0.2) is 0 Å². The number of carbonyl (C=O) groups is 1. The third kappa shape index (κ3) is 8.23. The van der Waals surface area contributed by atoms with Gasteiger partial charge in [-0.15, -0.1) is 0 Å². The van der Waals surface area contributed by atoms with Crippen molar-refractivity contribution in [3.05, 3.63) is 95.1 Å². The maximum absolute atomic E-state index is 12.8. The maximum atomic E-state index is 12.8. The van der Waals surface area contributed by atoms with Crippen LogP contribution in [0.1, 0.15) is 78.5 Å². The van der Waals surface area contributed by atoms with Gasteiger partial charge in [-0.05, 0) is 59.4 Å². The number of hydrogen-bond donors (Lipinski definition) is 2. The van der Waals surface area contributed by atoms with Crippen LogP contribution in [0.2, 0.25) is 0 Å². The summed E-state index contributed by atoms with van der Waals surface area (Å²) >= 11 is 0. The van der Waals surface area contributed by atoms with Crippen LogP contribution in [0.5, 0.6) is 0 Å². The minimum atomic E-state index is -4.35. The van der Waals surface area contributed by atoms with E-state index in [4.69, 9.17) is 5.73 Å². The smallest absolute Gasteiger partial charge is 0.352 e. The zero-order valence-corrected chi connectivity index (χ0v) is 20.8. The normalized spacial score (nSPS) is 12.4. The van der Waals surface area contributed by atoms with Gasteiger partial charge >= 0.3 is 6.18 Å². The van der Waals surface area contributed by atoms with E-state index in [1.54, 1.807) is 0 Å². The molecule has 0 aliphatic heterocycles. The van der Waals surface area contributed by atoms with Gasteiger partial charge in [0.05, 0.1) is 5.56 Å². The van der Waals surface area contributed by atoms with Gasteiger partial charge in [-0.2, -0.15) is 13.2 Å². The molecule has 0 aliphatic rings. The molecule has 192 valence electrons. The third-order valence-corrected chi connectivity index (χ3v) is 6.37. The van der Waals surface area contributed by atoms with Gasteiger partial charge in [0.1, 0.15) is 0 Å². The molecular weight excluding hydrogens is 461 g/mol. The van der Waals surface area contributed by atoms with Gasteiger partial charge in [-0.3, -0.25) is 4.79 Å². The van der Waals surface area contributed by atoms with Crippen molar-refractivity contribution >= 4 is 5.91 Å². The predicted molar refractivity (Wildman–Crippen MR) is 140 cm³/mol. The first-order chi connectivity index (χ1) is 17.3. The molecule has 0 bridgehead atoms. The average Bonchev–Trinajstić information content (AvgIpc) is 2.88. The van der Waals surface area contributed by atoms with Crippen molar-refractivity contribution in [3.63, 3.8) is 0 Å². The minimum Gasteiger partial charge on any atom is -0.352 e. The summed E-state index contributed by atoms with van der Waals surface area (Å²) in [6.45, 7) is 2.90. The van der Waals surface area contributed by atoms with Gasteiger partial charge in [-0.25, -0.2) is 0 Å². The Bertz CT molecular complexity index is 1080. The number of rotatable bonds is 12. The molecule has 1 unspecified atom stereocenters. The summed E-state index contributed by atoms with van der Waals surface area (Å²) in [4.78, 5) is 12.4. The molecule has 0 saturated carbocycles. The lowest BCUT2D eigenvalue weighted by Crippen LogP contribution is -2.24. The van der Waals surface area contributed by atoms with Crippen molar-refractivity contribution in [2.45, 2.75) is 64.1 Å². The molecular formula is C30H35F3N2O. The van der Waals surface area contributed by atoms with Crippen LogP contribution in [0, 0.1) is 0 Å². The predicted octanol–water partition coefficient (Wildman–Crippen LogP) is 7.71. The third-order valence-electron chi connectivity index (χ3n) is 6.37. The Hall–Kier alpha value is -3.12. The van der Waals surface area contributed by atoms with Crippen LogP contribution in [0.3, 0.4) is 0 Å². The summed E-state index contributed by atoms with van der Waals surface area (Å²) in [5.74, 6) is -0.0530. The fourth-order valence-electron chi connectivity index (χ4n) is 4.15. The zero-order valence-electron chi connectivity index (χ0n) is 20.8. The second-order valence-corrected chi connectivity index (χ2v) is 9.23. The Kier molecular flexibility index (Phi) is 10.1. The highest BCUT2D eigenvalue weighted by Crippen LogP contribution is 2.30. The van der Waals surface area contributed by atoms with Crippen LogP contribution in [0.4, 0.5) is 13.2 Å². The first-order valence-electron chi connectivity index (χ1n) is 12.7. The molecule has 36 heavy (non-hydrogen) atoms. The Morgan fingerprint density at radius 3 is 1.94 bits per heavy atom. The Morgan fingerprint density at radius 2 is 1.36 bits per heavy atom. The molecule has 0 fully saturated rings. The average molecular weight is 497 g/mol. The van der Waals surface area contributed by atoms with Gasteiger partial charge in [0.25, 0.3) is 5.91 Å². The van der Waals surface area contributed by atoms with Crippen LogP contribution in [-0.4, -0.2) is 12.5 Å². The highest BCUT2D eigenvalue weighted by Gasteiger charge is 2.30. The molecule has 3 nitrogen and oxygen atoms in total. The first-order valence-corrected chi connectivity index (χ1v) is 12.7. The SMILES string of the molecule is CCCCCCCCNC(=O)c1ccc(-c2ccc(CC(N)c3ccc(C(F)(F)F)cc3)cc2)cc1. The van der Waals surface area contributed by atoms with E-state index < -0.39 is 17.8 Å². The first kappa shape index (κ1) is 27.5. The molecule has 1 atom stereocenters. The van der Waals surface area contributed by atoms with Gasteiger partial charge in [0.2, 0.25) is 0 Å². The second-order valence-electron chi connectivity index (χ2n) is 9.23. The molecule has 0 radical (unpaired) electrons. The van der Waals surface area contributed by atoms with E-state index in [0.29, 0.717) is 24.1 Å². The number of carbonyl (C=O) groups excluding carboxylic acids is 1. The summed E-state index contributed by atoms with van der Waals surface area (Å²) in [7, 11) is 0. The fraction of sp³-hybridized carbons (Fsp3) is 0.367. The molecule has 0 aromatic heterocycles. The molecule has 0 heterocycles. The fourth-order valence-corrected chi connectivity index (χ4v) is 4.15. The van der Waals surface area contributed by atoms with Crippen molar-refractivity contribution in [2.24, 2.45) is 5.73 Å². The molecule has 3 N–H and O–H groups in total. The number of amides is 1. The van der Waals surface area contributed by atoms with Gasteiger partial charge in [-0.1, -0.05) is 87.6 Å². The van der Waals surface area contributed by atoms with Gasteiger partial charge in [0, 0.05) is 18.2 Å². The summed E-state index contributed by atoms with van der Waals surface area (Å²) in [6.07, 6.45) is 3.30. The Morgan fingerprint density at radius 1 is 0.806 bits per heavy atom. The van der Waals surface area contributed by atoms with Crippen molar-refractivity contribution in [1.82, 2.24) is 5.32 Å². The number of alkyl halides is 3. The topological polar surface area (TPSA) is 55.1 Å². The number of halogens is 3. The highest BCUT2D eigenvalue weighted by atomic mass is 19.4. The maximum Gasteiger partial charge on any atom is 0.416 e. The summed E-state index contributed by atoms with van der Waals surface area (Å²) in [5, 5.41) is 2.99. The van der Waals surface area contributed by atoms with Crippen molar-refractivity contribution in [1.29, 1.82) is 0 Å². The number of benzene rings is 3. The Balaban J connectivity index is 1.50. The second kappa shape index (κ2) is 13.3. The van der Waals surface area contributed by atoms with E-state index in [-0.39, 0.29) is 5.91 Å². The lowest BCUT2D eigenvalue weighted by Gasteiger charge is -2.14. The molecule has 0 aliphatic carbocycles. The molecule has 0 saturated heterocycles. The number of nitrogens with two attached hydrogens (primary N) is 1. The van der Waals surface area contributed by atoms with E-state index in [9.17, 15) is 18.0 Å². The summed E-state index contributed by atoms with van der Waals surface area (Å²) in [6, 6.07) is 20.1. The molecule has 0 spiro atoms. The van der Waals surface area contributed by atoms with Crippen LogP contribution < -0.4 is 11.1 Å². The molecule has 6 heteroatoms. The van der Waals surface area contributed by atoms with Crippen LogP contribution in [0.25, 0.3) is 11.1 Å². The lowest BCUT2D eigenvalue weighted by molar-refractivity contribution is -0.137. The monoisotopic (exact) mass is 496 g/mol. The summed E-state index contributed by atoms with van der Waals surface area (Å²) in [5.41, 5.74) is 9.87. The van der Waals surface area contributed by atoms with E-state index >= 15 is 0 Å². The highest BCUT2D eigenvalue weighted by molar-refractivity contribution is 5.94. The Labute approximate surface area is 211 Å². The van der Waals surface area contributed by atoms with Crippen molar-refractivity contribution < 1.29 is 18.0 Å². The number of hydrogen-bond acceptors (Lipinski definition) is 2. The van der Waals surface area contributed by atoms with Crippen LogP contribution >= 0.6 is 0 Å². The van der Waals surface area contributed by atoms with Crippen LogP contribution in [0.15, 0.2) is 72.8 Å². The molecule has 1 amide bonds. The number of unbranched alkanes of at least 4 members (excludes halogenated alkanes) is 5. The van der Waals surface area contributed by atoms with E-state index in [0.717, 1.165) is 41.7 Å². The van der Waals surface area contributed by atoms with Gasteiger partial charge < -0.3 is 11.1 Å². The molecule has 3 aromatic rings. The van der Waals surface area contributed by atoms with Crippen molar-refractivity contribution in [3.8, 4) is 11.1 Å². The lowest BCUT2D eigenvalue weighted by atomic mass is 9.96. The zero-order chi connectivity index (χ0) is 26.0. The molecule has 3 aromatic carbocycles. The van der Waals surface area contributed by atoms with Crippen molar-refractivity contribution in [2.75, 3.05) is 6.54 Å². The quantitative estimate of drug-likeness (QED) is 0.252. The minimum absolute atomic E-state index is 0.0530. The number of nitrogens with one attached hydrogen (secondary N) is 1. The van der Waals surface area contributed by atoms with Crippen LogP contribution in [-0.2, 0) is 12.6 Å². The largest absolute Gasteiger partial charge is 0.416 e. The van der Waals surface area contributed by atoms with E-state index in [1.165, 1.54) is 37.8 Å². The summed E-state index contributed by atoms with van der Waals surface area (Å²) < 4.78 is 38.3. The van der Waals surface area contributed by atoms with E-state index in [1.807, 2.05) is 48.5 Å². The van der Waals surface area contributed by atoms with E-state index in [2.05, 4.69) is 12.2 Å².